The van der Waals surface area contributed by atoms with Crippen molar-refractivity contribution in [3.05, 3.63) is 30.1 Å². The number of hydrogen-bond donors (Lipinski definition) is 0. The van der Waals surface area contributed by atoms with Crippen LogP contribution in [0.1, 0.15) is 26.6 Å². The highest BCUT2D eigenvalue weighted by Gasteiger charge is 2.17. The fraction of sp³-hybridized carbons (Fsp3) is 0.500. The van der Waals surface area contributed by atoms with Crippen LogP contribution >= 0.6 is 0 Å². The third-order valence-electron chi connectivity index (χ3n) is 2.76. The molecule has 0 atom stereocenters. The van der Waals surface area contributed by atoms with Gasteiger partial charge in [0.2, 0.25) is 5.82 Å². The second-order valence-corrected chi connectivity index (χ2v) is 5.85. The van der Waals surface area contributed by atoms with E-state index in [1.807, 2.05) is 64.0 Å². The molecule has 6 heteroatoms. The molecular formula is C14H21N5O. The first kappa shape index (κ1) is 14.3. The highest BCUT2D eigenvalue weighted by molar-refractivity contribution is 5.49. The zero-order valence-electron chi connectivity index (χ0n) is 12.7. The van der Waals surface area contributed by atoms with Crippen LogP contribution in [0.4, 0.5) is 5.69 Å². The van der Waals surface area contributed by atoms with Crippen molar-refractivity contribution in [1.29, 1.82) is 0 Å². The van der Waals surface area contributed by atoms with Crippen molar-refractivity contribution in [2.24, 2.45) is 0 Å². The largest absolute Gasteiger partial charge is 0.485 e. The minimum Gasteiger partial charge on any atom is -0.485 e. The number of ether oxygens (including phenoxy) is 1. The highest BCUT2D eigenvalue weighted by atomic mass is 16.5. The molecule has 108 valence electrons. The van der Waals surface area contributed by atoms with Gasteiger partial charge in [-0.1, -0.05) is 6.07 Å². The van der Waals surface area contributed by atoms with Crippen molar-refractivity contribution < 1.29 is 4.74 Å². The van der Waals surface area contributed by atoms with Crippen LogP contribution in [0.2, 0.25) is 0 Å². The molecule has 0 spiro atoms. The van der Waals surface area contributed by atoms with Gasteiger partial charge in [-0.2, -0.15) is 4.80 Å². The summed E-state index contributed by atoms with van der Waals surface area (Å²) in [5.74, 6) is 1.37. The molecule has 0 aliphatic heterocycles. The van der Waals surface area contributed by atoms with Gasteiger partial charge in [0.1, 0.15) is 5.75 Å². The summed E-state index contributed by atoms with van der Waals surface area (Å²) < 4.78 is 5.70. The second-order valence-electron chi connectivity index (χ2n) is 5.85. The van der Waals surface area contributed by atoms with Crippen LogP contribution in [-0.4, -0.2) is 34.3 Å². The Balaban J connectivity index is 2.02. The van der Waals surface area contributed by atoms with E-state index in [-0.39, 0.29) is 5.54 Å². The lowest BCUT2D eigenvalue weighted by atomic mass is 10.1. The molecule has 0 saturated carbocycles. The standard InChI is InChI=1S/C14H21N5O/c1-14(2,3)19-16-13(15-17-19)10-20-12-8-6-7-11(9-12)18(4)5/h6-9H,10H2,1-5H3. The summed E-state index contributed by atoms with van der Waals surface area (Å²) in [5.41, 5.74) is 0.921. The molecule has 6 nitrogen and oxygen atoms in total. The second kappa shape index (κ2) is 5.48. The maximum Gasteiger partial charge on any atom is 0.212 e. The lowest BCUT2D eigenvalue weighted by Crippen LogP contribution is -2.24. The minimum atomic E-state index is -0.171. The van der Waals surface area contributed by atoms with Gasteiger partial charge >= 0.3 is 0 Å². The van der Waals surface area contributed by atoms with E-state index in [1.54, 1.807) is 4.80 Å². The molecule has 1 aromatic heterocycles. The monoisotopic (exact) mass is 275 g/mol. The zero-order chi connectivity index (χ0) is 14.8. The van der Waals surface area contributed by atoms with E-state index in [9.17, 15) is 0 Å². The molecule has 2 rings (SSSR count). The Hall–Kier alpha value is -2.11. The van der Waals surface area contributed by atoms with Gasteiger partial charge in [-0.15, -0.1) is 10.2 Å². The van der Waals surface area contributed by atoms with E-state index in [2.05, 4.69) is 15.4 Å². The Morgan fingerprint density at radius 2 is 2.00 bits per heavy atom. The van der Waals surface area contributed by atoms with Crippen LogP contribution in [-0.2, 0) is 12.1 Å². The number of tetrazole rings is 1. The Morgan fingerprint density at radius 3 is 2.60 bits per heavy atom. The van der Waals surface area contributed by atoms with Gasteiger partial charge in [-0.05, 0) is 38.1 Å². The third-order valence-corrected chi connectivity index (χ3v) is 2.76. The number of hydrogen-bond acceptors (Lipinski definition) is 5. The first-order chi connectivity index (χ1) is 9.36. The van der Waals surface area contributed by atoms with Gasteiger partial charge < -0.3 is 9.64 Å². The van der Waals surface area contributed by atoms with E-state index in [1.165, 1.54) is 0 Å². The molecular weight excluding hydrogens is 254 g/mol. The molecule has 0 saturated heterocycles. The zero-order valence-corrected chi connectivity index (χ0v) is 12.7. The summed E-state index contributed by atoms with van der Waals surface area (Å²) in [5, 5.41) is 12.3. The van der Waals surface area contributed by atoms with Crippen molar-refractivity contribution in [2.75, 3.05) is 19.0 Å². The molecule has 2 aromatic rings. The fourth-order valence-corrected chi connectivity index (χ4v) is 1.58. The summed E-state index contributed by atoms with van der Waals surface area (Å²) in [6.45, 7) is 6.40. The van der Waals surface area contributed by atoms with Crippen molar-refractivity contribution in [2.45, 2.75) is 32.9 Å². The molecule has 0 bridgehead atoms. The van der Waals surface area contributed by atoms with E-state index in [4.69, 9.17) is 4.74 Å². The van der Waals surface area contributed by atoms with E-state index in [0.29, 0.717) is 12.4 Å². The summed E-state index contributed by atoms with van der Waals surface area (Å²) >= 11 is 0. The first-order valence-corrected chi connectivity index (χ1v) is 6.56. The van der Waals surface area contributed by atoms with Crippen LogP contribution in [0.5, 0.6) is 5.75 Å². The molecule has 0 amide bonds. The summed E-state index contributed by atoms with van der Waals surface area (Å²) in [7, 11) is 3.99. The Kier molecular flexibility index (Phi) is 3.92. The quantitative estimate of drug-likeness (QED) is 0.855. The predicted octanol–water partition coefficient (Wildman–Crippen LogP) is 2.07. The lowest BCUT2D eigenvalue weighted by Gasteiger charge is -2.15. The summed E-state index contributed by atoms with van der Waals surface area (Å²) in [4.78, 5) is 3.63. The number of anilines is 1. The Labute approximate surface area is 119 Å². The van der Waals surface area contributed by atoms with Crippen molar-refractivity contribution >= 4 is 5.69 Å². The summed E-state index contributed by atoms with van der Waals surface area (Å²) in [6.07, 6.45) is 0. The van der Waals surface area contributed by atoms with Gasteiger partial charge in [0.25, 0.3) is 0 Å². The van der Waals surface area contributed by atoms with Crippen LogP contribution < -0.4 is 9.64 Å². The van der Waals surface area contributed by atoms with Crippen LogP contribution in [0, 0.1) is 0 Å². The SMILES string of the molecule is CN(C)c1cccc(OCc2nnn(C(C)(C)C)n2)c1. The van der Waals surface area contributed by atoms with Gasteiger partial charge in [0.15, 0.2) is 6.61 Å². The topological polar surface area (TPSA) is 56.1 Å². The van der Waals surface area contributed by atoms with Crippen molar-refractivity contribution in [3.8, 4) is 5.75 Å². The Bertz CT molecular complexity index is 571. The fourth-order valence-electron chi connectivity index (χ4n) is 1.58. The maximum absolute atomic E-state index is 5.70. The molecule has 0 fully saturated rings. The van der Waals surface area contributed by atoms with Gasteiger partial charge in [0.05, 0.1) is 5.54 Å². The molecule has 0 N–H and O–H groups in total. The molecule has 1 aromatic carbocycles. The summed E-state index contributed by atoms with van der Waals surface area (Å²) in [6, 6.07) is 7.89. The highest BCUT2D eigenvalue weighted by Crippen LogP contribution is 2.20. The van der Waals surface area contributed by atoms with E-state index >= 15 is 0 Å². The van der Waals surface area contributed by atoms with Crippen molar-refractivity contribution in [3.63, 3.8) is 0 Å². The van der Waals surface area contributed by atoms with Crippen LogP contribution in [0.25, 0.3) is 0 Å². The minimum absolute atomic E-state index is 0.171. The number of aromatic nitrogens is 4. The average Bonchev–Trinajstić information content (AvgIpc) is 2.85. The molecule has 0 unspecified atom stereocenters. The number of rotatable bonds is 4. The van der Waals surface area contributed by atoms with Crippen molar-refractivity contribution in [1.82, 2.24) is 20.2 Å². The molecule has 0 radical (unpaired) electrons. The average molecular weight is 275 g/mol. The third kappa shape index (κ3) is 3.46. The molecule has 0 aliphatic carbocycles. The van der Waals surface area contributed by atoms with E-state index in [0.717, 1.165) is 11.4 Å². The first-order valence-electron chi connectivity index (χ1n) is 6.56. The molecule has 0 aliphatic rings. The smallest absolute Gasteiger partial charge is 0.212 e. The normalized spacial score (nSPS) is 11.4. The predicted molar refractivity (Wildman–Crippen MR) is 77.9 cm³/mol. The van der Waals surface area contributed by atoms with E-state index < -0.39 is 0 Å². The van der Waals surface area contributed by atoms with Gasteiger partial charge in [-0.25, -0.2) is 0 Å². The van der Waals surface area contributed by atoms with Crippen LogP contribution in [0.3, 0.4) is 0 Å². The van der Waals surface area contributed by atoms with Gasteiger partial charge in [0, 0.05) is 25.8 Å². The number of benzene rings is 1. The maximum atomic E-state index is 5.70. The lowest BCUT2D eigenvalue weighted by molar-refractivity contribution is 0.284. The van der Waals surface area contributed by atoms with Crippen LogP contribution in [0.15, 0.2) is 24.3 Å². The molecule has 20 heavy (non-hydrogen) atoms. The molecule has 1 heterocycles. The Morgan fingerprint density at radius 1 is 1.25 bits per heavy atom. The number of nitrogens with zero attached hydrogens (tertiary/aromatic N) is 5. The van der Waals surface area contributed by atoms with Gasteiger partial charge in [-0.3, -0.25) is 0 Å².